The van der Waals surface area contributed by atoms with Crippen molar-refractivity contribution in [3.8, 4) is 0 Å². The topological polar surface area (TPSA) is 114 Å². The molecule has 0 aliphatic heterocycles. The quantitative estimate of drug-likeness (QED) is 0.482. The fraction of sp³-hybridized carbons (Fsp3) is 0.167. The van der Waals surface area contributed by atoms with Gasteiger partial charge in [-0.3, -0.25) is 9.82 Å². The third-order valence-electron chi connectivity index (χ3n) is 4.27. The average molecular weight is 416 g/mol. The highest BCUT2D eigenvalue weighted by molar-refractivity contribution is 7.92. The van der Waals surface area contributed by atoms with Gasteiger partial charge in [-0.1, -0.05) is 6.07 Å². The smallest absolute Gasteiger partial charge is 0.348 e. The number of nitrogens with zero attached hydrogens (tertiary/aromatic N) is 2. The van der Waals surface area contributed by atoms with Gasteiger partial charge in [0.2, 0.25) is 0 Å². The van der Waals surface area contributed by atoms with E-state index in [-0.39, 0.29) is 11.5 Å². The SMILES string of the molecule is CCOC(=O)c1sc2ncc(S(=O)(=O)Nc3cccc4[nH]ncc34)cc2c1C. The van der Waals surface area contributed by atoms with Crippen LogP contribution in [0.1, 0.15) is 22.2 Å². The fourth-order valence-corrected chi connectivity index (χ4v) is 4.95. The summed E-state index contributed by atoms with van der Waals surface area (Å²) in [5.74, 6) is -0.433. The zero-order valence-corrected chi connectivity index (χ0v) is 16.6. The Labute approximate surface area is 164 Å². The van der Waals surface area contributed by atoms with Gasteiger partial charge in [0.05, 0.1) is 24.0 Å². The van der Waals surface area contributed by atoms with Gasteiger partial charge in [0, 0.05) is 17.0 Å². The first kappa shape index (κ1) is 18.4. The fourth-order valence-electron chi connectivity index (χ4n) is 2.88. The molecule has 0 amide bonds. The van der Waals surface area contributed by atoms with Gasteiger partial charge < -0.3 is 4.74 Å². The second kappa shape index (κ2) is 6.88. The Hall–Kier alpha value is -2.98. The van der Waals surface area contributed by atoms with E-state index in [1.165, 1.54) is 23.6 Å². The molecule has 4 rings (SSSR count). The zero-order valence-electron chi connectivity index (χ0n) is 15.0. The van der Waals surface area contributed by atoms with Crippen molar-refractivity contribution < 1.29 is 17.9 Å². The maximum absolute atomic E-state index is 12.9. The Bertz CT molecular complexity index is 1310. The van der Waals surface area contributed by atoms with Crippen LogP contribution in [0.25, 0.3) is 21.1 Å². The molecule has 0 atom stereocenters. The molecule has 0 saturated carbocycles. The van der Waals surface area contributed by atoms with E-state index in [1.807, 2.05) is 0 Å². The van der Waals surface area contributed by atoms with Crippen LogP contribution in [0, 0.1) is 6.92 Å². The Balaban J connectivity index is 1.74. The average Bonchev–Trinajstić information content (AvgIpc) is 3.27. The van der Waals surface area contributed by atoms with E-state index in [0.29, 0.717) is 31.7 Å². The van der Waals surface area contributed by atoms with Crippen LogP contribution in [0.5, 0.6) is 0 Å². The van der Waals surface area contributed by atoms with Gasteiger partial charge in [-0.05, 0) is 37.6 Å². The molecule has 0 spiro atoms. The number of fused-ring (bicyclic) bond motifs is 2. The number of ether oxygens (including phenoxy) is 1. The molecule has 28 heavy (non-hydrogen) atoms. The molecule has 0 aliphatic rings. The third kappa shape index (κ3) is 3.10. The van der Waals surface area contributed by atoms with Crippen molar-refractivity contribution in [2.75, 3.05) is 11.3 Å². The van der Waals surface area contributed by atoms with E-state index in [1.54, 1.807) is 38.2 Å². The lowest BCUT2D eigenvalue weighted by Gasteiger charge is -2.09. The van der Waals surface area contributed by atoms with Crippen molar-refractivity contribution in [3.05, 3.63) is 47.1 Å². The Morgan fingerprint density at radius 2 is 2.11 bits per heavy atom. The Morgan fingerprint density at radius 3 is 2.89 bits per heavy atom. The van der Waals surface area contributed by atoms with Crippen molar-refractivity contribution in [1.82, 2.24) is 15.2 Å². The highest BCUT2D eigenvalue weighted by Crippen LogP contribution is 2.32. The van der Waals surface area contributed by atoms with E-state index in [4.69, 9.17) is 4.74 Å². The lowest BCUT2D eigenvalue weighted by atomic mass is 10.2. The predicted molar refractivity (Wildman–Crippen MR) is 107 cm³/mol. The lowest BCUT2D eigenvalue weighted by Crippen LogP contribution is -2.13. The monoisotopic (exact) mass is 416 g/mol. The second-order valence-corrected chi connectivity index (χ2v) is 8.72. The number of thiophene rings is 1. The van der Waals surface area contributed by atoms with Crippen LogP contribution >= 0.6 is 11.3 Å². The summed E-state index contributed by atoms with van der Waals surface area (Å²) in [5.41, 5.74) is 1.79. The predicted octanol–water partition coefficient (Wildman–Crippen LogP) is 3.46. The van der Waals surface area contributed by atoms with Crippen LogP contribution in [0.4, 0.5) is 5.69 Å². The first-order valence-electron chi connectivity index (χ1n) is 8.42. The number of carbonyl (C=O) groups is 1. The second-order valence-electron chi connectivity index (χ2n) is 6.04. The first-order chi connectivity index (χ1) is 13.4. The summed E-state index contributed by atoms with van der Waals surface area (Å²) in [6.07, 6.45) is 2.84. The number of hydrogen-bond donors (Lipinski definition) is 2. The van der Waals surface area contributed by atoms with Crippen molar-refractivity contribution in [3.63, 3.8) is 0 Å². The standard InChI is InChI=1S/C18H16N4O4S2/c1-3-26-18(23)16-10(2)12-7-11(8-19-17(12)27-16)28(24,25)22-15-6-4-5-14-13(15)9-20-21-14/h4-9,22H,3H2,1-2H3,(H,20,21). The number of hydrogen-bond acceptors (Lipinski definition) is 7. The molecule has 3 heterocycles. The number of pyridine rings is 1. The minimum absolute atomic E-state index is 0.0109. The summed E-state index contributed by atoms with van der Waals surface area (Å²) in [6, 6.07) is 6.72. The van der Waals surface area contributed by atoms with Crippen molar-refractivity contribution in [2.45, 2.75) is 18.7 Å². The number of esters is 1. The summed E-state index contributed by atoms with van der Waals surface area (Å²) in [7, 11) is -3.88. The van der Waals surface area contributed by atoms with Gasteiger partial charge in [-0.15, -0.1) is 11.3 Å². The number of aromatic nitrogens is 3. The molecule has 0 unspecified atom stereocenters. The van der Waals surface area contributed by atoms with Crippen molar-refractivity contribution >= 4 is 54.1 Å². The van der Waals surface area contributed by atoms with Gasteiger partial charge in [0.25, 0.3) is 10.0 Å². The maximum Gasteiger partial charge on any atom is 0.348 e. The van der Waals surface area contributed by atoms with Gasteiger partial charge in [-0.25, -0.2) is 18.2 Å². The van der Waals surface area contributed by atoms with Crippen LogP contribution in [-0.2, 0) is 14.8 Å². The number of aromatic amines is 1. The number of benzene rings is 1. The van der Waals surface area contributed by atoms with Gasteiger partial charge in [-0.2, -0.15) is 5.10 Å². The summed E-state index contributed by atoms with van der Waals surface area (Å²) < 4.78 is 33.4. The van der Waals surface area contributed by atoms with Gasteiger partial charge in [0.15, 0.2) is 0 Å². The molecule has 0 bridgehead atoms. The number of sulfonamides is 1. The third-order valence-corrected chi connectivity index (χ3v) is 6.80. The molecule has 10 heteroatoms. The molecular formula is C18H16N4O4S2. The molecule has 0 aliphatic carbocycles. The van der Waals surface area contributed by atoms with Crippen molar-refractivity contribution in [1.29, 1.82) is 0 Å². The number of anilines is 1. The molecule has 2 N–H and O–H groups in total. The molecule has 8 nitrogen and oxygen atoms in total. The largest absolute Gasteiger partial charge is 0.462 e. The summed E-state index contributed by atoms with van der Waals surface area (Å²) in [6.45, 7) is 3.75. The Morgan fingerprint density at radius 1 is 1.29 bits per heavy atom. The molecule has 4 aromatic rings. The van der Waals surface area contributed by atoms with E-state index < -0.39 is 16.0 Å². The minimum Gasteiger partial charge on any atom is -0.462 e. The molecule has 1 aromatic carbocycles. The van der Waals surface area contributed by atoms with Gasteiger partial charge >= 0.3 is 5.97 Å². The van der Waals surface area contributed by atoms with Gasteiger partial charge in [0.1, 0.15) is 14.6 Å². The van der Waals surface area contributed by atoms with Crippen LogP contribution < -0.4 is 4.72 Å². The van der Waals surface area contributed by atoms with Crippen LogP contribution in [0.15, 0.2) is 41.6 Å². The van der Waals surface area contributed by atoms with Crippen LogP contribution in [0.3, 0.4) is 0 Å². The molecule has 0 fully saturated rings. The number of aryl methyl sites for hydroxylation is 1. The molecule has 3 aromatic heterocycles. The summed E-state index contributed by atoms with van der Waals surface area (Å²) in [4.78, 5) is 17.3. The van der Waals surface area contributed by atoms with E-state index in [9.17, 15) is 13.2 Å². The van der Waals surface area contributed by atoms with E-state index in [2.05, 4.69) is 19.9 Å². The highest BCUT2D eigenvalue weighted by atomic mass is 32.2. The lowest BCUT2D eigenvalue weighted by molar-refractivity contribution is 0.0531. The molecule has 144 valence electrons. The first-order valence-corrected chi connectivity index (χ1v) is 10.7. The Kier molecular flexibility index (Phi) is 4.52. The highest BCUT2D eigenvalue weighted by Gasteiger charge is 2.21. The normalized spacial score (nSPS) is 11.8. The maximum atomic E-state index is 12.9. The minimum atomic E-state index is -3.88. The van der Waals surface area contributed by atoms with E-state index in [0.717, 1.165) is 5.52 Å². The number of H-pyrrole nitrogens is 1. The van der Waals surface area contributed by atoms with Crippen LogP contribution in [-0.4, -0.2) is 36.2 Å². The molecule has 0 radical (unpaired) electrons. The molecule has 0 saturated heterocycles. The summed E-state index contributed by atoms with van der Waals surface area (Å²) >= 11 is 1.19. The number of rotatable bonds is 5. The summed E-state index contributed by atoms with van der Waals surface area (Å²) in [5, 5.41) is 8.01. The molecular weight excluding hydrogens is 400 g/mol. The van der Waals surface area contributed by atoms with Crippen molar-refractivity contribution in [2.24, 2.45) is 0 Å². The number of nitrogens with one attached hydrogen (secondary N) is 2. The van der Waals surface area contributed by atoms with E-state index >= 15 is 0 Å². The number of carbonyl (C=O) groups excluding carboxylic acids is 1. The zero-order chi connectivity index (χ0) is 19.9. The van der Waals surface area contributed by atoms with Crippen LogP contribution in [0.2, 0.25) is 0 Å².